The summed E-state index contributed by atoms with van der Waals surface area (Å²) in [6.45, 7) is 5.67. The molecule has 1 amide bonds. The van der Waals surface area contributed by atoms with Gasteiger partial charge in [0.15, 0.2) is 0 Å². The van der Waals surface area contributed by atoms with Gasteiger partial charge in [-0.2, -0.15) is 0 Å². The molecule has 116 valence electrons. The van der Waals surface area contributed by atoms with Crippen molar-refractivity contribution in [2.75, 3.05) is 12.3 Å². The third kappa shape index (κ3) is 6.25. The zero-order chi connectivity index (χ0) is 16.0. The Morgan fingerprint density at radius 2 is 2.00 bits per heavy atom. The van der Waals surface area contributed by atoms with Crippen LogP contribution in [-0.2, 0) is 4.74 Å². The topological polar surface area (TPSA) is 64.3 Å². The molecule has 1 rings (SSSR count). The molecule has 0 unspecified atom stereocenters. The Bertz CT molecular complexity index is 537. The van der Waals surface area contributed by atoms with Crippen LogP contribution in [-0.4, -0.2) is 18.2 Å². The standard InChI is InChI=1S/C15H20F2N2O2/c1-15(2,3)21-14(20)19-7-5-4-6-10-8-13(18)12(17)9-11(10)16/h4,6,8-9H,5,7,18H2,1-3H3,(H,19,20). The quantitative estimate of drug-likeness (QED) is 0.661. The van der Waals surface area contributed by atoms with Crippen LogP contribution in [0.2, 0.25) is 0 Å². The first kappa shape index (κ1) is 16.9. The Morgan fingerprint density at radius 1 is 1.33 bits per heavy atom. The number of ether oxygens (including phenoxy) is 1. The fraction of sp³-hybridized carbons (Fsp3) is 0.400. The van der Waals surface area contributed by atoms with Crippen LogP contribution in [0.15, 0.2) is 18.2 Å². The molecule has 0 bridgehead atoms. The number of carbonyl (C=O) groups excluding carboxylic acids is 1. The molecule has 1 aromatic rings. The van der Waals surface area contributed by atoms with E-state index in [9.17, 15) is 13.6 Å². The van der Waals surface area contributed by atoms with Crippen molar-refractivity contribution in [3.05, 3.63) is 35.4 Å². The molecule has 21 heavy (non-hydrogen) atoms. The van der Waals surface area contributed by atoms with Gasteiger partial charge < -0.3 is 15.8 Å². The normalized spacial score (nSPS) is 11.7. The summed E-state index contributed by atoms with van der Waals surface area (Å²) in [4.78, 5) is 11.4. The molecular formula is C15H20F2N2O2. The van der Waals surface area contributed by atoms with Crippen LogP contribution in [0.5, 0.6) is 0 Å². The monoisotopic (exact) mass is 298 g/mol. The Morgan fingerprint density at radius 3 is 2.62 bits per heavy atom. The zero-order valence-electron chi connectivity index (χ0n) is 12.4. The number of hydrogen-bond donors (Lipinski definition) is 2. The van der Waals surface area contributed by atoms with Crippen molar-refractivity contribution >= 4 is 17.9 Å². The van der Waals surface area contributed by atoms with Crippen LogP contribution < -0.4 is 11.1 Å². The average Bonchev–Trinajstić information content (AvgIpc) is 2.32. The van der Waals surface area contributed by atoms with Gasteiger partial charge in [0.2, 0.25) is 0 Å². The molecule has 4 nitrogen and oxygen atoms in total. The minimum atomic E-state index is -0.781. The van der Waals surface area contributed by atoms with E-state index in [0.717, 1.165) is 6.07 Å². The molecule has 0 saturated heterocycles. The van der Waals surface area contributed by atoms with E-state index < -0.39 is 23.3 Å². The van der Waals surface area contributed by atoms with E-state index in [1.165, 1.54) is 12.1 Å². The van der Waals surface area contributed by atoms with Gasteiger partial charge in [0.1, 0.15) is 17.2 Å². The highest BCUT2D eigenvalue weighted by Crippen LogP contribution is 2.17. The van der Waals surface area contributed by atoms with Gasteiger partial charge in [-0.1, -0.05) is 12.2 Å². The summed E-state index contributed by atoms with van der Waals surface area (Å²) in [7, 11) is 0. The Hall–Kier alpha value is -2.11. The summed E-state index contributed by atoms with van der Waals surface area (Å²) in [6, 6.07) is 1.97. The van der Waals surface area contributed by atoms with E-state index in [0.29, 0.717) is 13.0 Å². The molecule has 0 aromatic heterocycles. The number of alkyl carbamates (subject to hydrolysis) is 1. The van der Waals surface area contributed by atoms with E-state index in [2.05, 4.69) is 5.32 Å². The molecular weight excluding hydrogens is 278 g/mol. The second-order valence-electron chi connectivity index (χ2n) is 5.51. The molecule has 0 aliphatic rings. The number of nitrogens with two attached hydrogens (primary N) is 1. The number of anilines is 1. The van der Waals surface area contributed by atoms with Crippen molar-refractivity contribution in [2.24, 2.45) is 0 Å². The zero-order valence-corrected chi connectivity index (χ0v) is 12.4. The molecule has 0 aliphatic heterocycles. The van der Waals surface area contributed by atoms with Gasteiger partial charge >= 0.3 is 6.09 Å². The van der Waals surface area contributed by atoms with Crippen LogP contribution in [0.1, 0.15) is 32.8 Å². The maximum atomic E-state index is 13.4. The molecule has 0 spiro atoms. The number of halogens is 2. The van der Waals surface area contributed by atoms with Crippen LogP contribution >= 0.6 is 0 Å². The predicted octanol–water partition coefficient (Wildman–Crippen LogP) is 3.48. The number of benzene rings is 1. The molecule has 0 fully saturated rings. The predicted molar refractivity (Wildman–Crippen MR) is 78.7 cm³/mol. The van der Waals surface area contributed by atoms with Gasteiger partial charge in [0.25, 0.3) is 0 Å². The maximum absolute atomic E-state index is 13.4. The number of carbonyl (C=O) groups is 1. The molecule has 0 aliphatic carbocycles. The third-order valence-corrected chi connectivity index (χ3v) is 2.39. The van der Waals surface area contributed by atoms with Gasteiger partial charge in [0.05, 0.1) is 5.69 Å². The van der Waals surface area contributed by atoms with Gasteiger partial charge in [-0.05, 0) is 33.3 Å². The van der Waals surface area contributed by atoms with Crippen molar-refractivity contribution in [3.8, 4) is 0 Å². The van der Waals surface area contributed by atoms with Gasteiger partial charge in [-0.25, -0.2) is 13.6 Å². The molecule has 1 aromatic carbocycles. The summed E-state index contributed by atoms with van der Waals surface area (Å²) in [5.41, 5.74) is 4.91. The Labute approximate surface area is 123 Å². The van der Waals surface area contributed by atoms with Crippen molar-refractivity contribution in [2.45, 2.75) is 32.8 Å². The van der Waals surface area contributed by atoms with Gasteiger partial charge in [0, 0.05) is 18.2 Å². The molecule has 6 heteroatoms. The average molecular weight is 298 g/mol. The maximum Gasteiger partial charge on any atom is 0.407 e. The minimum Gasteiger partial charge on any atom is -0.444 e. The van der Waals surface area contributed by atoms with E-state index in [1.54, 1.807) is 26.8 Å². The van der Waals surface area contributed by atoms with Crippen molar-refractivity contribution in [3.63, 3.8) is 0 Å². The fourth-order valence-electron chi connectivity index (χ4n) is 1.49. The van der Waals surface area contributed by atoms with Gasteiger partial charge in [-0.3, -0.25) is 0 Å². The van der Waals surface area contributed by atoms with Crippen LogP contribution in [0, 0.1) is 11.6 Å². The Balaban J connectivity index is 2.43. The highest BCUT2D eigenvalue weighted by Gasteiger charge is 2.15. The lowest BCUT2D eigenvalue weighted by molar-refractivity contribution is 0.0529. The first-order valence-corrected chi connectivity index (χ1v) is 6.57. The molecule has 0 heterocycles. The van der Waals surface area contributed by atoms with Crippen molar-refractivity contribution < 1.29 is 18.3 Å². The summed E-state index contributed by atoms with van der Waals surface area (Å²) in [5.74, 6) is -1.46. The number of hydrogen-bond acceptors (Lipinski definition) is 3. The first-order chi connectivity index (χ1) is 9.69. The number of nitrogens with one attached hydrogen (secondary N) is 1. The SMILES string of the molecule is CC(C)(C)OC(=O)NCCC=Cc1cc(N)c(F)cc1F. The van der Waals surface area contributed by atoms with Crippen molar-refractivity contribution in [1.82, 2.24) is 5.32 Å². The van der Waals surface area contributed by atoms with Crippen LogP contribution in [0.3, 0.4) is 0 Å². The molecule has 0 radical (unpaired) electrons. The van der Waals surface area contributed by atoms with Crippen LogP contribution in [0.4, 0.5) is 19.3 Å². The van der Waals surface area contributed by atoms with E-state index in [-0.39, 0.29) is 11.3 Å². The summed E-state index contributed by atoms with van der Waals surface area (Å²) < 4.78 is 31.5. The fourth-order valence-corrected chi connectivity index (χ4v) is 1.49. The molecule has 3 N–H and O–H groups in total. The summed E-state index contributed by atoms with van der Waals surface area (Å²) >= 11 is 0. The number of nitrogen functional groups attached to an aromatic ring is 1. The molecule has 0 atom stereocenters. The minimum absolute atomic E-state index is 0.108. The van der Waals surface area contributed by atoms with E-state index >= 15 is 0 Å². The second-order valence-corrected chi connectivity index (χ2v) is 5.51. The smallest absolute Gasteiger partial charge is 0.407 e. The Kier molecular flexibility index (Phi) is 5.69. The molecule has 0 saturated carbocycles. The lowest BCUT2D eigenvalue weighted by atomic mass is 10.1. The largest absolute Gasteiger partial charge is 0.444 e. The second kappa shape index (κ2) is 7.06. The van der Waals surface area contributed by atoms with Crippen LogP contribution in [0.25, 0.3) is 6.08 Å². The summed E-state index contributed by atoms with van der Waals surface area (Å²) in [6.07, 6.45) is 3.12. The lowest BCUT2D eigenvalue weighted by Crippen LogP contribution is -2.32. The van der Waals surface area contributed by atoms with E-state index in [4.69, 9.17) is 10.5 Å². The van der Waals surface area contributed by atoms with Crippen molar-refractivity contribution in [1.29, 1.82) is 0 Å². The highest BCUT2D eigenvalue weighted by molar-refractivity contribution is 5.67. The third-order valence-electron chi connectivity index (χ3n) is 2.39. The number of amides is 1. The highest BCUT2D eigenvalue weighted by atomic mass is 19.1. The first-order valence-electron chi connectivity index (χ1n) is 6.57. The number of rotatable bonds is 4. The lowest BCUT2D eigenvalue weighted by Gasteiger charge is -2.19. The van der Waals surface area contributed by atoms with E-state index in [1.807, 2.05) is 0 Å². The summed E-state index contributed by atoms with van der Waals surface area (Å²) in [5, 5.41) is 2.57. The van der Waals surface area contributed by atoms with Gasteiger partial charge in [-0.15, -0.1) is 0 Å².